The standard InChI is InChI=1S/C17H20N2O5S3/c1-4-24-8-7-19-12-10-13(22-2)14(23-3)11-15(12)26-17(19)18-27(20,21)16-6-5-9-25-16/h5-6,9-11H,4,7-8H2,1-3H3/b18-17-. The summed E-state index contributed by atoms with van der Waals surface area (Å²) in [5.74, 6) is 1.15. The SMILES string of the molecule is CCOCCn1/c(=N/S(=O)(=O)c2cccs2)sc2cc(OC)c(OC)cc21. The van der Waals surface area contributed by atoms with Crippen LogP contribution in [0.25, 0.3) is 10.2 Å². The fourth-order valence-corrected chi connectivity index (χ4v) is 5.78. The minimum absolute atomic E-state index is 0.214. The molecule has 7 nitrogen and oxygen atoms in total. The highest BCUT2D eigenvalue weighted by Gasteiger charge is 2.17. The number of hydrogen-bond acceptors (Lipinski definition) is 7. The number of methoxy groups -OCH3 is 2. The number of sulfonamides is 1. The highest BCUT2D eigenvalue weighted by atomic mass is 32.2. The third-order valence-corrected chi connectivity index (χ3v) is 7.60. The summed E-state index contributed by atoms with van der Waals surface area (Å²) in [5.41, 5.74) is 0.817. The Morgan fingerprint density at radius 3 is 2.56 bits per heavy atom. The van der Waals surface area contributed by atoms with Gasteiger partial charge in [0.2, 0.25) is 4.80 Å². The Kier molecular flexibility index (Phi) is 6.20. The first kappa shape index (κ1) is 19.9. The van der Waals surface area contributed by atoms with Crippen molar-refractivity contribution in [3.8, 4) is 11.5 Å². The van der Waals surface area contributed by atoms with Crippen LogP contribution in [0, 0.1) is 0 Å². The predicted molar refractivity (Wildman–Crippen MR) is 106 cm³/mol. The third kappa shape index (κ3) is 4.18. The van der Waals surface area contributed by atoms with Gasteiger partial charge in [0.25, 0.3) is 10.0 Å². The van der Waals surface area contributed by atoms with Crippen LogP contribution in [-0.2, 0) is 21.3 Å². The molecule has 2 heterocycles. The fourth-order valence-electron chi connectivity index (χ4n) is 2.54. The van der Waals surface area contributed by atoms with E-state index >= 15 is 0 Å². The number of benzene rings is 1. The highest BCUT2D eigenvalue weighted by Crippen LogP contribution is 2.33. The van der Waals surface area contributed by atoms with Crippen LogP contribution in [0.15, 0.2) is 38.3 Å². The molecule has 10 heteroatoms. The first-order valence-electron chi connectivity index (χ1n) is 8.17. The second kappa shape index (κ2) is 8.42. The number of ether oxygens (including phenoxy) is 3. The van der Waals surface area contributed by atoms with Crippen LogP contribution in [0.4, 0.5) is 0 Å². The first-order valence-corrected chi connectivity index (χ1v) is 11.3. The van der Waals surface area contributed by atoms with E-state index in [1.54, 1.807) is 31.7 Å². The summed E-state index contributed by atoms with van der Waals surface area (Å²) in [7, 11) is -0.647. The molecule has 146 valence electrons. The number of hydrogen-bond donors (Lipinski definition) is 0. The number of thiophene rings is 1. The molecule has 0 amide bonds. The predicted octanol–water partition coefficient (Wildman–Crippen LogP) is 3.11. The number of aromatic nitrogens is 1. The lowest BCUT2D eigenvalue weighted by Crippen LogP contribution is -2.19. The van der Waals surface area contributed by atoms with Crippen molar-refractivity contribution >= 4 is 42.9 Å². The second-order valence-electron chi connectivity index (χ2n) is 5.41. The third-order valence-electron chi connectivity index (χ3n) is 3.80. The van der Waals surface area contributed by atoms with Crippen LogP contribution in [0.3, 0.4) is 0 Å². The molecular weight excluding hydrogens is 408 g/mol. The van der Waals surface area contributed by atoms with E-state index in [-0.39, 0.29) is 4.21 Å². The van der Waals surface area contributed by atoms with Crippen molar-refractivity contribution in [3.05, 3.63) is 34.4 Å². The minimum atomic E-state index is -3.77. The van der Waals surface area contributed by atoms with Crippen LogP contribution < -0.4 is 14.3 Å². The summed E-state index contributed by atoms with van der Waals surface area (Å²) < 4.78 is 48.4. The van der Waals surface area contributed by atoms with E-state index in [1.807, 2.05) is 23.6 Å². The monoisotopic (exact) mass is 428 g/mol. The van der Waals surface area contributed by atoms with E-state index in [9.17, 15) is 8.42 Å². The van der Waals surface area contributed by atoms with Gasteiger partial charge in [-0.3, -0.25) is 0 Å². The molecule has 3 rings (SSSR count). The highest BCUT2D eigenvalue weighted by molar-refractivity contribution is 7.92. The zero-order valence-corrected chi connectivity index (χ0v) is 17.6. The van der Waals surface area contributed by atoms with Crippen molar-refractivity contribution in [2.75, 3.05) is 27.4 Å². The van der Waals surface area contributed by atoms with E-state index in [4.69, 9.17) is 14.2 Å². The Morgan fingerprint density at radius 2 is 1.93 bits per heavy atom. The molecule has 3 aromatic rings. The number of thiazole rings is 1. The van der Waals surface area contributed by atoms with Crippen molar-refractivity contribution in [1.82, 2.24) is 4.57 Å². The van der Waals surface area contributed by atoms with Gasteiger partial charge in [0.1, 0.15) is 4.21 Å². The maximum absolute atomic E-state index is 12.6. The first-order chi connectivity index (χ1) is 13.0. The van der Waals surface area contributed by atoms with Crippen molar-refractivity contribution in [2.45, 2.75) is 17.7 Å². The topological polar surface area (TPSA) is 79.1 Å². The Labute approximate surface area is 165 Å². The van der Waals surface area contributed by atoms with E-state index in [0.29, 0.717) is 36.1 Å². The molecule has 0 fully saturated rings. The molecule has 0 saturated heterocycles. The van der Waals surface area contributed by atoms with Gasteiger partial charge in [-0.15, -0.1) is 15.7 Å². The normalized spacial score (nSPS) is 12.6. The number of fused-ring (bicyclic) bond motifs is 1. The van der Waals surface area contributed by atoms with Gasteiger partial charge >= 0.3 is 0 Å². The van der Waals surface area contributed by atoms with Crippen LogP contribution in [0.5, 0.6) is 11.5 Å². The smallest absolute Gasteiger partial charge is 0.294 e. The molecule has 1 aromatic carbocycles. The summed E-state index contributed by atoms with van der Waals surface area (Å²) in [5, 5.41) is 1.71. The van der Waals surface area contributed by atoms with Gasteiger partial charge in [-0.2, -0.15) is 8.42 Å². The zero-order valence-electron chi connectivity index (χ0n) is 15.2. The number of nitrogens with zero attached hydrogens (tertiary/aromatic N) is 2. The van der Waals surface area contributed by atoms with Crippen molar-refractivity contribution < 1.29 is 22.6 Å². The van der Waals surface area contributed by atoms with Crippen LogP contribution in [0.1, 0.15) is 6.92 Å². The summed E-state index contributed by atoms with van der Waals surface area (Å²) in [6.45, 7) is 3.42. The molecule has 0 saturated carbocycles. The molecule has 0 N–H and O–H groups in total. The Hall–Kier alpha value is -1.88. The van der Waals surface area contributed by atoms with Gasteiger partial charge in [0.15, 0.2) is 11.5 Å². The largest absolute Gasteiger partial charge is 0.493 e. The average Bonchev–Trinajstić information content (AvgIpc) is 3.29. The summed E-state index contributed by atoms with van der Waals surface area (Å²) in [6, 6.07) is 6.89. The summed E-state index contributed by atoms with van der Waals surface area (Å²) in [4.78, 5) is 0.383. The number of rotatable bonds is 8. The van der Waals surface area contributed by atoms with Crippen LogP contribution >= 0.6 is 22.7 Å². The zero-order chi connectivity index (χ0) is 19.4. The molecule has 0 aliphatic rings. The van der Waals surface area contributed by atoms with Gasteiger partial charge in [-0.05, 0) is 18.4 Å². The van der Waals surface area contributed by atoms with Gasteiger partial charge in [-0.25, -0.2) is 0 Å². The fraction of sp³-hybridized carbons (Fsp3) is 0.353. The van der Waals surface area contributed by atoms with Crippen LogP contribution in [-0.4, -0.2) is 40.4 Å². The molecule has 0 atom stereocenters. The van der Waals surface area contributed by atoms with E-state index in [0.717, 1.165) is 21.6 Å². The second-order valence-corrected chi connectivity index (χ2v) is 9.19. The molecule has 0 radical (unpaired) electrons. The molecule has 0 aliphatic heterocycles. The Bertz CT molecular complexity index is 1080. The quantitative estimate of drug-likeness (QED) is 0.515. The van der Waals surface area contributed by atoms with Gasteiger partial charge < -0.3 is 18.8 Å². The molecule has 27 heavy (non-hydrogen) atoms. The van der Waals surface area contributed by atoms with E-state index in [1.165, 1.54) is 11.3 Å². The minimum Gasteiger partial charge on any atom is -0.493 e. The lowest BCUT2D eigenvalue weighted by atomic mass is 10.3. The molecule has 0 spiro atoms. The van der Waals surface area contributed by atoms with Crippen molar-refractivity contribution in [2.24, 2.45) is 4.40 Å². The van der Waals surface area contributed by atoms with Crippen LogP contribution in [0.2, 0.25) is 0 Å². The molecule has 0 aliphatic carbocycles. The molecule has 0 unspecified atom stereocenters. The Balaban J connectivity index is 2.21. The maximum Gasteiger partial charge on any atom is 0.294 e. The summed E-state index contributed by atoms with van der Waals surface area (Å²) >= 11 is 2.43. The van der Waals surface area contributed by atoms with E-state index in [2.05, 4.69) is 4.40 Å². The molecule has 2 aromatic heterocycles. The lowest BCUT2D eigenvalue weighted by Gasteiger charge is -2.09. The van der Waals surface area contributed by atoms with Gasteiger partial charge in [-0.1, -0.05) is 17.4 Å². The van der Waals surface area contributed by atoms with Gasteiger partial charge in [0, 0.05) is 25.3 Å². The van der Waals surface area contributed by atoms with E-state index < -0.39 is 10.0 Å². The Morgan fingerprint density at radius 1 is 1.19 bits per heavy atom. The molecule has 0 bridgehead atoms. The molecular formula is C17H20N2O5S3. The van der Waals surface area contributed by atoms with Crippen molar-refractivity contribution in [1.29, 1.82) is 0 Å². The average molecular weight is 429 g/mol. The maximum atomic E-state index is 12.6. The summed E-state index contributed by atoms with van der Waals surface area (Å²) in [6.07, 6.45) is 0. The van der Waals surface area contributed by atoms with Gasteiger partial charge in [0.05, 0.1) is 31.0 Å². The van der Waals surface area contributed by atoms with Crippen molar-refractivity contribution in [3.63, 3.8) is 0 Å². The lowest BCUT2D eigenvalue weighted by molar-refractivity contribution is 0.139.